The molecule has 1 aromatic rings. The summed E-state index contributed by atoms with van der Waals surface area (Å²) in [6.45, 7) is 13.7. The van der Waals surface area contributed by atoms with Crippen LogP contribution >= 0.6 is 71.7 Å². The lowest BCUT2D eigenvalue weighted by molar-refractivity contribution is 0.777. The molecule has 0 spiro atoms. The third-order valence-corrected chi connectivity index (χ3v) is 13.9. The number of rotatable bonds is 33. The monoisotopic (exact) mass is 738 g/mol. The minimum Gasteiger partial charge on any atom is -0.225 e. The molecule has 6 nitrogen and oxygen atoms in total. The van der Waals surface area contributed by atoms with Crippen molar-refractivity contribution in [2.75, 3.05) is 45.6 Å². The lowest BCUT2D eigenvalue weighted by atomic mass is 10.3. The van der Waals surface area contributed by atoms with Gasteiger partial charge >= 0.3 is 0 Å². The van der Waals surface area contributed by atoms with Gasteiger partial charge in [0.2, 0.25) is 0 Å². The fraction of sp³-hybridized carbons (Fsp3) is 0.909. The van der Waals surface area contributed by atoms with Crippen LogP contribution in [0.5, 0.6) is 0 Å². The molecule has 1 heterocycles. The number of aromatic nitrogens is 3. The second-order valence-corrected chi connectivity index (χ2v) is 18.1. The zero-order chi connectivity index (χ0) is 32.8. The van der Waals surface area contributed by atoms with Crippen LogP contribution in [0.15, 0.2) is 0 Å². The molecule has 12 heteroatoms. The average molecular weight is 739 g/mol. The highest BCUT2D eigenvalue weighted by atomic mass is 32.2. The van der Waals surface area contributed by atoms with Crippen LogP contribution in [0, 0.1) is 0 Å². The predicted molar refractivity (Wildman–Crippen MR) is 219 cm³/mol. The highest BCUT2D eigenvalue weighted by Crippen LogP contribution is 2.38. The zero-order valence-electron chi connectivity index (χ0n) is 29.6. The van der Waals surface area contributed by atoms with Crippen LogP contribution in [0.25, 0.3) is 0 Å². The van der Waals surface area contributed by atoms with Crippen LogP contribution in [0.4, 0.5) is 17.8 Å². The summed E-state index contributed by atoms with van der Waals surface area (Å²) < 4.78 is 6.97. The summed E-state index contributed by atoms with van der Waals surface area (Å²) in [4.78, 5) is 15.7. The summed E-state index contributed by atoms with van der Waals surface area (Å²) >= 11 is 11.3. The Kier molecular flexibility index (Phi) is 30.7. The molecular weight excluding hydrogens is 673 g/mol. The lowest BCUT2D eigenvalue weighted by Gasteiger charge is -2.26. The van der Waals surface area contributed by atoms with E-state index in [4.69, 9.17) is 15.0 Å². The average Bonchev–Trinajstić information content (AvgIpc) is 3.06. The van der Waals surface area contributed by atoms with E-state index in [2.05, 4.69) is 52.7 Å². The lowest BCUT2D eigenvalue weighted by Crippen LogP contribution is -2.19. The molecule has 0 atom stereocenters. The van der Waals surface area contributed by atoms with Gasteiger partial charge in [0.15, 0.2) is 0 Å². The van der Waals surface area contributed by atoms with Crippen molar-refractivity contribution in [2.24, 2.45) is 0 Å². The van der Waals surface area contributed by atoms with Crippen LogP contribution in [-0.4, -0.2) is 49.5 Å². The number of hydrogen-bond acceptors (Lipinski definition) is 12. The Morgan fingerprint density at radius 2 is 0.489 bits per heavy atom. The van der Waals surface area contributed by atoms with E-state index in [0.29, 0.717) is 0 Å². The first-order valence-corrected chi connectivity index (χ1v) is 23.7. The molecule has 1 aromatic heterocycles. The van der Waals surface area contributed by atoms with Gasteiger partial charge in [0.1, 0.15) is 0 Å². The molecule has 0 unspecified atom stereocenters. The van der Waals surface area contributed by atoms with Gasteiger partial charge in [0.25, 0.3) is 17.8 Å². The van der Waals surface area contributed by atoms with Crippen molar-refractivity contribution in [3.05, 3.63) is 0 Å². The highest BCUT2D eigenvalue weighted by molar-refractivity contribution is 8.19. The molecule has 45 heavy (non-hydrogen) atoms. The first-order chi connectivity index (χ1) is 22.1. The SMILES string of the molecule is CCCCCSN(SCCCCC)c1nc(N(SCCCCC)SCCCCC)nc(N(SCCCCC)SCCCCC)n1. The molecule has 0 N–H and O–H groups in total. The molecule has 0 saturated heterocycles. The molecule has 264 valence electrons. The van der Waals surface area contributed by atoms with E-state index in [1.165, 1.54) is 116 Å². The largest absolute Gasteiger partial charge is 0.252 e. The maximum Gasteiger partial charge on any atom is 0.252 e. The summed E-state index contributed by atoms with van der Waals surface area (Å²) in [6.07, 6.45) is 22.3. The quantitative estimate of drug-likeness (QED) is 0.0509. The van der Waals surface area contributed by atoms with Crippen LogP contribution in [-0.2, 0) is 0 Å². The molecular formula is C33H66N6S6. The van der Waals surface area contributed by atoms with Gasteiger partial charge < -0.3 is 0 Å². The molecule has 0 aromatic carbocycles. The molecule has 0 amide bonds. The molecule has 0 saturated carbocycles. The number of unbranched alkanes of at least 4 members (excludes halogenated alkanes) is 12. The first kappa shape index (κ1) is 43.5. The molecule has 0 fully saturated rings. The van der Waals surface area contributed by atoms with E-state index in [9.17, 15) is 0 Å². The standard InChI is InChI=1S/C33H66N6S6/c1-7-13-19-25-40-37(41-26-20-14-8-2)31-34-32(38(42-27-21-15-9-3)43-28-22-16-10-4)36-33(35-31)39(44-29-23-17-11-5)45-30-24-18-12-6/h7-30H2,1-6H3. The third kappa shape index (κ3) is 22.0. The molecule has 0 aliphatic rings. The fourth-order valence-corrected chi connectivity index (χ4v) is 10.5. The van der Waals surface area contributed by atoms with Gasteiger partial charge in [-0.25, -0.2) is 11.1 Å². The van der Waals surface area contributed by atoms with Gasteiger partial charge in [0, 0.05) is 34.5 Å². The van der Waals surface area contributed by atoms with E-state index in [0.717, 1.165) is 52.4 Å². The van der Waals surface area contributed by atoms with E-state index in [1.54, 1.807) is 0 Å². The third-order valence-electron chi connectivity index (χ3n) is 6.83. The molecule has 0 radical (unpaired) electrons. The normalized spacial score (nSPS) is 11.3. The Morgan fingerprint density at radius 3 is 0.644 bits per heavy atom. The Labute approximate surface area is 305 Å². The Morgan fingerprint density at radius 1 is 0.311 bits per heavy atom. The van der Waals surface area contributed by atoms with Crippen molar-refractivity contribution in [2.45, 2.75) is 157 Å². The second-order valence-electron chi connectivity index (χ2n) is 11.2. The van der Waals surface area contributed by atoms with Crippen LogP contribution in [0.3, 0.4) is 0 Å². The number of hydrogen-bond donors (Lipinski definition) is 0. The van der Waals surface area contributed by atoms with Crippen molar-refractivity contribution < 1.29 is 0 Å². The smallest absolute Gasteiger partial charge is 0.225 e. The summed E-state index contributed by atoms with van der Waals surface area (Å²) in [6, 6.07) is 0. The Balaban J connectivity index is 3.49. The van der Waals surface area contributed by atoms with E-state index in [-0.39, 0.29) is 0 Å². The maximum atomic E-state index is 5.23. The van der Waals surface area contributed by atoms with E-state index in [1.807, 2.05) is 71.7 Å². The van der Waals surface area contributed by atoms with Gasteiger partial charge in [-0.05, 0) is 110 Å². The molecule has 1 rings (SSSR count). The zero-order valence-corrected chi connectivity index (χ0v) is 34.5. The van der Waals surface area contributed by atoms with Gasteiger partial charge in [0.05, 0.1) is 0 Å². The van der Waals surface area contributed by atoms with Gasteiger partial charge in [-0.3, -0.25) is 0 Å². The summed E-state index contributed by atoms with van der Waals surface area (Å²) in [7, 11) is 0. The fourth-order valence-electron chi connectivity index (χ4n) is 4.04. The minimum absolute atomic E-state index is 0.805. The van der Waals surface area contributed by atoms with E-state index < -0.39 is 0 Å². The van der Waals surface area contributed by atoms with Crippen LogP contribution in [0.1, 0.15) is 157 Å². The van der Waals surface area contributed by atoms with Gasteiger partial charge in [-0.15, -0.1) is 0 Å². The van der Waals surface area contributed by atoms with Crippen LogP contribution < -0.4 is 11.1 Å². The number of nitrogens with zero attached hydrogens (tertiary/aromatic N) is 6. The second kappa shape index (κ2) is 31.8. The van der Waals surface area contributed by atoms with Crippen LogP contribution in [0.2, 0.25) is 0 Å². The predicted octanol–water partition coefficient (Wildman–Crippen LogP) is 13.3. The highest BCUT2D eigenvalue weighted by Gasteiger charge is 2.23. The van der Waals surface area contributed by atoms with Crippen molar-refractivity contribution in [1.29, 1.82) is 0 Å². The first-order valence-electron chi connectivity index (χ1n) is 18.1. The van der Waals surface area contributed by atoms with Crippen molar-refractivity contribution >= 4 is 89.5 Å². The Hall–Kier alpha value is 0.510. The van der Waals surface area contributed by atoms with Gasteiger partial charge in [-0.2, -0.15) is 15.0 Å². The summed E-state index contributed by atoms with van der Waals surface area (Å²) in [5.74, 6) is 8.96. The van der Waals surface area contributed by atoms with E-state index >= 15 is 0 Å². The Bertz CT molecular complexity index is 648. The van der Waals surface area contributed by atoms with Crippen molar-refractivity contribution in [3.63, 3.8) is 0 Å². The van der Waals surface area contributed by atoms with Gasteiger partial charge in [-0.1, -0.05) is 119 Å². The van der Waals surface area contributed by atoms with Crippen molar-refractivity contribution in [1.82, 2.24) is 15.0 Å². The minimum atomic E-state index is 0.805. The summed E-state index contributed by atoms with van der Waals surface area (Å²) in [5.41, 5.74) is 0. The molecule has 0 aliphatic carbocycles. The maximum absolute atomic E-state index is 5.23. The molecule has 0 aliphatic heterocycles. The summed E-state index contributed by atoms with van der Waals surface area (Å²) in [5, 5.41) is 0. The number of anilines is 3. The van der Waals surface area contributed by atoms with Crippen molar-refractivity contribution in [3.8, 4) is 0 Å². The molecule has 0 bridgehead atoms. The topological polar surface area (TPSA) is 48.4 Å².